The first kappa shape index (κ1) is 16.6. The van der Waals surface area contributed by atoms with Crippen LogP contribution in [0.2, 0.25) is 0 Å². The molecule has 0 aliphatic carbocycles. The number of aliphatic hydroxyl groups is 2. The van der Waals surface area contributed by atoms with Crippen molar-refractivity contribution in [1.29, 1.82) is 0 Å². The molecule has 0 bridgehead atoms. The lowest BCUT2D eigenvalue weighted by Gasteiger charge is -2.27. The molecule has 0 heterocycles. The summed E-state index contributed by atoms with van der Waals surface area (Å²) in [6.07, 6.45) is 0.904. The number of nitro groups is 1. The van der Waals surface area contributed by atoms with Crippen molar-refractivity contribution in [3.8, 4) is 0 Å². The van der Waals surface area contributed by atoms with Gasteiger partial charge in [0.15, 0.2) is 0 Å². The molecule has 0 radical (unpaired) electrons. The second-order valence-corrected chi connectivity index (χ2v) is 4.76. The highest BCUT2D eigenvalue weighted by Gasteiger charge is 2.22. The van der Waals surface area contributed by atoms with Crippen LogP contribution in [0.25, 0.3) is 0 Å². The zero-order valence-corrected chi connectivity index (χ0v) is 11.8. The summed E-state index contributed by atoms with van der Waals surface area (Å²) in [5.74, 6) is 0. The minimum atomic E-state index is -0.901. The van der Waals surface area contributed by atoms with Crippen LogP contribution in [0.5, 0.6) is 0 Å². The van der Waals surface area contributed by atoms with Gasteiger partial charge in [0.05, 0.1) is 23.7 Å². The average molecular weight is 282 g/mol. The fourth-order valence-corrected chi connectivity index (χ4v) is 2.10. The summed E-state index contributed by atoms with van der Waals surface area (Å²) in [6, 6.07) is 5.47. The lowest BCUT2D eigenvalue weighted by molar-refractivity contribution is -0.384. The predicted octanol–water partition coefficient (Wildman–Crippen LogP) is 1.77. The number of aliphatic hydroxyl groups excluding tert-OH is 2. The summed E-state index contributed by atoms with van der Waals surface area (Å²) in [4.78, 5) is 10.1. The van der Waals surface area contributed by atoms with Crippen LogP contribution in [0.15, 0.2) is 24.3 Å². The highest BCUT2D eigenvalue weighted by atomic mass is 16.6. The lowest BCUT2D eigenvalue weighted by Crippen LogP contribution is -2.43. The lowest BCUT2D eigenvalue weighted by atomic mass is 10.0. The second-order valence-electron chi connectivity index (χ2n) is 4.76. The third kappa shape index (κ3) is 4.26. The zero-order valence-electron chi connectivity index (χ0n) is 11.8. The van der Waals surface area contributed by atoms with Crippen LogP contribution in [0.3, 0.4) is 0 Å². The fraction of sp³-hybridized carbons (Fsp3) is 0.571. The van der Waals surface area contributed by atoms with Gasteiger partial charge < -0.3 is 15.5 Å². The first-order valence-electron chi connectivity index (χ1n) is 6.82. The molecule has 20 heavy (non-hydrogen) atoms. The molecule has 0 fully saturated rings. The fourth-order valence-electron chi connectivity index (χ4n) is 2.10. The maximum atomic E-state index is 10.6. The number of hydrogen-bond acceptors (Lipinski definition) is 5. The first-order chi connectivity index (χ1) is 9.53. The normalized spacial score (nSPS) is 14.2. The van der Waals surface area contributed by atoms with Crippen molar-refractivity contribution in [2.24, 2.45) is 0 Å². The predicted molar refractivity (Wildman–Crippen MR) is 76.4 cm³/mol. The third-order valence-corrected chi connectivity index (χ3v) is 3.46. The quantitative estimate of drug-likeness (QED) is 0.499. The van der Waals surface area contributed by atoms with E-state index in [-0.39, 0.29) is 18.3 Å². The van der Waals surface area contributed by atoms with Crippen molar-refractivity contribution in [3.63, 3.8) is 0 Å². The SMILES string of the molecule is CCC(CC)NC(CO)C(O)c1ccc([N+](=O)[O-])cc1. The van der Waals surface area contributed by atoms with E-state index in [0.717, 1.165) is 12.8 Å². The Kier molecular flexibility index (Phi) is 6.57. The second kappa shape index (κ2) is 7.94. The molecule has 0 aromatic heterocycles. The van der Waals surface area contributed by atoms with Crippen molar-refractivity contribution in [3.05, 3.63) is 39.9 Å². The Morgan fingerprint density at radius 1 is 1.25 bits per heavy atom. The van der Waals surface area contributed by atoms with Gasteiger partial charge in [-0.25, -0.2) is 0 Å². The Hall–Kier alpha value is -1.50. The van der Waals surface area contributed by atoms with Gasteiger partial charge in [-0.15, -0.1) is 0 Å². The maximum absolute atomic E-state index is 10.6. The van der Waals surface area contributed by atoms with Gasteiger partial charge >= 0.3 is 0 Å². The van der Waals surface area contributed by atoms with Crippen molar-refractivity contribution >= 4 is 5.69 Å². The van der Waals surface area contributed by atoms with E-state index in [4.69, 9.17) is 0 Å². The molecule has 1 aromatic carbocycles. The Morgan fingerprint density at radius 3 is 2.20 bits per heavy atom. The van der Waals surface area contributed by atoms with E-state index in [2.05, 4.69) is 5.32 Å². The molecule has 0 saturated heterocycles. The van der Waals surface area contributed by atoms with Gasteiger partial charge in [-0.05, 0) is 30.5 Å². The van der Waals surface area contributed by atoms with Crippen molar-refractivity contribution < 1.29 is 15.1 Å². The van der Waals surface area contributed by atoms with E-state index in [9.17, 15) is 20.3 Å². The molecule has 0 aliphatic heterocycles. The molecule has 1 aromatic rings. The largest absolute Gasteiger partial charge is 0.395 e. The molecule has 6 heteroatoms. The third-order valence-electron chi connectivity index (χ3n) is 3.46. The van der Waals surface area contributed by atoms with Gasteiger partial charge in [-0.2, -0.15) is 0 Å². The Bertz CT molecular complexity index is 418. The van der Waals surface area contributed by atoms with Gasteiger partial charge in [0.25, 0.3) is 5.69 Å². The van der Waals surface area contributed by atoms with Crippen LogP contribution in [0.1, 0.15) is 38.4 Å². The van der Waals surface area contributed by atoms with E-state index < -0.39 is 17.1 Å². The molecule has 3 N–H and O–H groups in total. The van der Waals surface area contributed by atoms with Crippen LogP contribution in [-0.4, -0.2) is 33.8 Å². The molecule has 112 valence electrons. The first-order valence-corrected chi connectivity index (χ1v) is 6.82. The van der Waals surface area contributed by atoms with Gasteiger partial charge in [-0.1, -0.05) is 13.8 Å². The number of nitrogens with one attached hydrogen (secondary N) is 1. The molecule has 2 unspecified atom stereocenters. The van der Waals surface area contributed by atoms with Gasteiger partial charge in [0.1, 0.15) is 0 Å². The van der Waals surface area contributed by atoms with Crippen LogP contribution in [0.4, 0.5) is 5.69 Å². The Balaban J connectivity index is 2.79. The number of nitro benzene ring substituents is 1. The zero-order chi connectivity index (χ0) is 15.1. The van der Waals surface area contributed by atoms with Crippen LogP contribution < -0.4 is 5.32 Å². The molecule has 0 amide bonds. The summed E-state index contributed by atoms with van der Waals surface area (Å²) in [5, 5.41) is 33.5. The van der Waals surface area contributed by atoms with Gasteiger partial charge in [-0.3, -0.25) is 10.1 Å². The summed E-state index contributed by atoms with van der Waals surface area (Å²) in [6.45, 7) is 3.87. The summed E-state index contributed by atoms with van der Waals surface area (Å²) < 4.78 is 0. The average Bonchev–Trinajstić information content (AvgIpc) is 2.48. The maximum Gasteiger partial charge on any atom is 0.269 e. The topological polar surface area (TPSA) is 95.6 Å². The van der Waals surface area contributed by atoms with Crippen molar-refractivity contribution in [2.75, 3.05) is 6.61 Å². The molecular weight excluding hydrogens is 260 g/mol. The standard InChI is InChI=1S/C14H22N2O4/c1-3-11(4-2)15-13(9-17)14(18)10-5-7-12(8-6-10)16(19)20/h5-8,11,13-15,17-18H,3-4,9H2,1-2H3. The highest BCUT2D eigenvalue weighted by molar-refractivity contribution is 5.34. The van der Waals surface area contributed by atoms with Crippen LogP contribution in [0, 0.1) is 10.1 Å². The molecule has 0 aliphatic rings. The Morgan fingerprint density at radius 2 is 1.80 bits per heavy atom. The van der Waals surface area contributed by atoms with E-state index in [1.54, 1.807) is 0 Å². The number of hydrogen-bond donors (Lipinski definition) is 3. The number of non-ortho nitro benzene ring substituents is 1. The number of nitrogens with zero attached hydrogens (tertiary/aromatic N) is 1. The molecule has 1 rings (SSSR count). The molecule has 2 atom stereocenters. The molecule has 0 saturated carbocycles. The Labute approximate surface area is 118 Å². The minimum Gasteiger partial charge on any atom is -0.395 e. The minimum absolute atomic E-state index is 0.0190. The molecule has 6 nitrogen and oxygen atoms in total. The summed E-state index contributed by atoms with van der Waals surface area (Å²) in [5.41, 5.74) is 0.530. The highest BCUT2D eigenvalue weighted by Crippen LogP contribution is 2.21. The smallest absolute Gasteiger partial charge is 0.269 e. The van der Waals surface area contributed by atoms with Crippen LogP contribution in [-0.2, 0) is 0 Å². The van der Waals surface area contributed by atoms with E-state index in [1.807, 2.05) is 13.8 Å². The van der Waals surface area contributed by atoms with Gasteiger partial charge in [0.2, 0.25) is 0 Å². The van der Waals surface area contributed by atoms with E-state index in [1.165, 1.54) is 24.3 Å². The molecule has 0 spiro atoms. The summed E-state index contributed by atoms with van der Waals surface area (Å²) >= 11 is 0. The van der Waals surface area contributed by atoms with Crippen molar-refractivity contribution in [1.82, 2.24) is 5.32 Å². The number of rotatable bonds is 8. The van der Waals surface area contributed by atoms with Crippen LogP contribution >= 0.6 is 0 Å². The molecular formula is C14H22N2O4. The summed E-state index contributed by atoms with van der Waals surface area (Å²) in [7, 11) is 0. The van der Waals surface area contributed by atoms with Gasteiger partial charge in [0, 0.05) is 18.2 Å². The monoisotopic (exact) mass is 282 g/mol. The number of benzene rings is 1. The van der Waals surface area contributed by atoms with E-state index in [0.29, 0.717) is 5.56 Å². The van der Waals surface area contributed by atoms with E-state index >= 15 is 0 Å². The van der Waals surface area contributed by atoms with Crippen molar-refractivity contribution in [2.45, 2.75) is 44.9 Å².